The average Bonchev–Trinajstić information content (AvgIpc) is 2.88. The van der Waals surface area contributed by atoms with E-state index < -0.39 is 0 Å². The topological polar surface area (TPSA) is 24.9 Å². The highest BCUT2D eigenvalue weighted by atomic mass is 32.1. The molecule has 1 aromatic heterocycles. The molecule has 2 atom stereocenters. The number of nitrogens with zero attached hydrogens (tertiary/aromatic N) is 1. The molecule has 1 aliphatic carbocycles. The molecular weight excluding hydrogens is 204 g/mol. The second-order valence-electron chi connectivity index (χ2n) is 4.58. The zero-order valence-corrected chi connectivity index (χ0v) is 10.4. The van der Waals surface area contributed by atoms with E-state index in [1.807, 2.05) is 11.7 Å². The van der Waals surface area contributed by atoms with Gasteiger partial charge in [-0.15, -0.1) is 11.3 Å². The van der Waals surface area contributed by atoms with Gasteiger partial charge in [0.05, 0.1) is 5.51 Å². The molecule has 1 fully saturated rings. The summed E-state index contributed by atoms with van der Waals surface area (Å²) in [5.41, 5.74) is 1.91. The smallest absolute Gasteiger partial charge is 0.0794 e. The third-order valence-corrected chi connectivity index (χ3v) is 4.13. The summed E-state index contributed by atoms with van der Waals surface area (Å²) in [5.74, 6) is 1.01. The Labute approximate surface area is 96.1 Å². The maximum atomic E-state index is 4.13. The van der Waals surface area contributed by atoms with Gasteiger partial charge in [0, 0.05) is 23.2 Å². The highest BCUT2D eigenvalue weighted by molar-refractivity contribution is 7.09. The standard InChI is InChI=1S/C12H20N2S/c1-3-11(6-10-4-5-10)14-9(2)12-7-13-8-15-12/h7-11,14H,3-6H2,1-2H3. The maximum Gasteiger partial charge on any atom is 0.0794 e. The number of thiazole rings is 1. The molecule has 0 saturated heterocycles. The maximum absolute atomic E-state index is 4.13. The van der Waals surface area contributed by atoms with Crippen LogP contribution in [0.2, 0.25) is 0 Å². The monoisotopic (exact) mass is 224 g/mol. The van der Waals surface area contributed by atoms with Crippen molar-refractivity contribution in [3.63, 3.8) is 0 Å². The van der Waals surface area contributed by atoms with Crippen LogP contribution in [0.15, 0.2) is 11.7 Å². The molecule has 2 unspecified atom stereocenters. The second-order valence-corrected chi connectivity index (χ2v) is 5.49. The lowest BCUT2D eigenvalue weighted by Gasteiger charge is -2.21. The van der Waals surface area contributed by atoms with Gasteiger partial charge in [-0.1, -0.05) is 19.8 Å². The molecule has 1 saturated carbocycles. The van der Waals surface area contributed by atoms with Crippen LogP contribution < -0.4 is 5.32 Å². The van der Waals surface area contributed by atoms with Gasteiger partial charge in [-0.05, 0) is 25.7 Å². The Morgan fingerprint density at radius 1 is 1.60 bits per heavy atom. The number of nitrogens with one attached hydrogen (secondary N) is 1. The third-order valence-electron chi connectivity index (χ3n) is 3.17. The molecule has 0 aromatic carbocycles. The quantitative estimate of drug-likeness (QED) is 0.801. The molecule has 1 aliphatic rings. The van der Waals surface area contributed by atoms with Gasteiger partial charge in [0.15, 0.2) is 0 Å². The van der Waals surface area contributed by atoms with Crippen molar-refractivity contribution < 1.29 is 0 Å². The Hall–Kier alpha value is -0.410. The predicted octanol–water partition coefficient (Wildman–Crippen LogP) is 3.37. The third kappa shape index (κ3) is 3.28. The highest BCUT2D eigenvalue weighted by Gasteiger charge is 2.25. The van der Waals surface area contributed by atoms with Gasteiger partial charge in [0.25, 0.3) is 0 Å². The zero-order valence-electron chi connectivity index (χ0n) is 9.57. The molecule has 0 aliphatic heterocycles. The summed E-state index contributed by atoms with van der Waals surface area (Å²) in [6.45, 7) is 4.52. The summed E-state index contributed by atoms with van der Waals surface area (Å²) in [5, 5.41) is 3.71. The molecule has 1 heterocycles. The van der Waals surface area contributed by atoms with E-state index in [-0.39, 0.29) is 0 Å². The van der Waals surface area contributed by atoms with E-state index in [0.29, 0.717) is 12.1 Å². The summed E-state index contributed by atoms with van der Waals surface area (Å²) < 4.78 is 0. The minimum atomic E-state index is 0.459. The molecule has 84 valence electrons. The van der Waals surface area contributed by atoms with Crippen molar-refractivity contribution in [1.29, 1.82) is 0 Å². The molecule has 1 aromatic rings. The predicted molar refractivity (Wildman–Crippen MR) is 65.1 cm³/mol. The fourth-order valence-corrected chi connectivity index (χ4v) is 2.62. The van der Waals surface area contributed by atoms with Crippen molar-refractivity contribution in [2.75, 3.05) is 0 Å². The number of hydrogen-bond donors (Lipinski definition) is 1. The Morgan fingerprint density at radius 2 is 2.40 bits per heavy atom. The van der Waals surface area contributed by atoms with Crippen LogP contribution in [0.25, 0.3) is 0 Å². The minimum absolute atomic E-state index is 0.459. The number of aromatic nitrogens is 1. The molecule has 0 radical (unpaired) electrons. The minimum Gasteiger partial charge on any atom is -0.307 e. The van der Waals surface area contributed by atoms with E-state index in [4.69, 9.17) is 0 Å². The van der Waals surface area contributed by atoms with Crippen molar-refractivity contribution in [3.8, 4) is 0 Å². The van der Waals surface area contributed by atoms with Gasteiger partial charge in [0.2, 0.25) is 0 Å². The van der Waals surface area contributed by atoms with Gasteiger partial charge in [0.1, 0.15) is 0 Å². The second kappa shape index (κ2) is 5.08. The SMILES string of the molecule is CCC(CC1CC1)NC(C)c1cncs1. The molecule has 0 spiro atoms. The van der Waals surface area contributed by atoms with Crippen LogP contribution in [-0.2, 0) is 0 Å². The van der Waals surface area contributed by atoms with Gasteiger partial charge >= 0.3 is 0 Å². The molecule has 3 heteroatoms. The van der Waals surface area contributed by atoms with E-state index in [1.54, 1.807) is 11.3 Å². The molecule has 15 heavy (non-hydrogen) atoms. The fourth-order valence-electron chi connectivity index (χ4n) is 1.98. The number of hydrogen-bond acceptors (Lipinski definition) is 3. The van der Waals surface area contributed by atoms with Crippen LogP contribution in [0.4, 0.5) is 0 Å². The first kappa shape index (κ1) is 11.1. The molecule has 0 amide bonds. The van der Waals surface area contributed by atoms with Crippen LogP contribution in [0.3, 0.4) is 0 Å². The van der Waals surface area contributed by atoms with Gasteiger partial charge in [-0.2, -0.15) is 0 Å². The van der Waals surface area contributed by atoms with E-state index in [9.17, 15) is 0 Å². The Bertz CT molecular complexity index is 280. The molecule has 0 bridgehead atoms. The van der Waals surface area contributed by atoms with Crippen molar-refractivity contribution in [2.24, 2.45) is 5.92 Å². The Kier molecular flexibility index (Phi) is 3.76. The van der Waals surface area contributed by atoms with Crippen LogP contribution in [0.5, 0.6) is 0 Å². The van der Waals surface area contributed by atoms with E-state index in [1.165, 1.54) is 30.6 Å². The molecule has 1 N–H and O–H groups in total. The van der Waals surface area contributed by atoms with Crippen LogP contribution in [-0.4, -0.2) is 11.0 Å². The van der Waals surface area contributed by atoms with E-state index in [0.717, 1.165) is 5.92 Å². The summed E-state index contributed by atoms with van der Waals surface area (Å²) in [7, 11) is 0. The van der Waals surface area contributed by atoms with Gasteiger partial charge < -0.3 is 5.32 Å². The normalized spacial score (nSPS) is 20.1. The zero-order chi connectivity index (χ0) is 10.7. The first-order valence-electron chi connectivity index (χ1n) is 5.94. The number of rotatable bonds is 6. The van der Waals surface area contributed by atoms with Gasteiger partial charge in [-0.25, -0.2) is 0 Å². The van der Waals surface area contributed by atoms with Crippen molar-refractivity contribution in [2.45, 2.75) is 51.6 Å². The summed E-state index contributed by atoms with van der Waals surface area (Å²) in [6.07, 6.45) is 7.48. The summed E-state index contributed by atoms with van der Waals surface area (Å²) in [6, 6.07) is 1.15. The fraction of sp³-hybridized carbons (Fsp3) is 0.750. The van der Waals surface area contributed by atoms with Crippen molar-refractivity contribution in [3.05, 3.63) is 16.6 Å². The van der Waals surface area contributed by atoms with Crippen molar-refractivity contribution >= 4 is 11.3 Å². The lowest BCUT2D eigenvalue weighted by atomic mass is 10.1. The van der Waals surface area contributed by atoms with Crippen molar-refractivity contribution in [1.82, 2.24) is 10.3 Å². The van der Waals surface area contributed by atoms with Crippen LogP contribution >= 0.6 is 11.3 Å². The van der Waals surface area contributed by atoms with Crippen LogP contribution in [0, 0.1) is 5.92 Å². The summed E-state index contributed by atoms with van der Waals surface area (Å²) >= 11 is 1.74. The largest absolute Gasteiger partial charge is 0.307 e. The summed E-state index contributed by atoms with van der Waals surface area (Å²) in [4.78, 5) is 5.48. The lowest BCUT2D eigenvalue weighted by Crippen LogP contribution is -2.31. The van der Waals surface area contributed by atoms with E-state index in [2.05, 4.69) is 24.1 Å². The highest BCUT2D eigenvalue weighted by Crippen LogP contribution is 2.34. The first-order valence-corrected chi connectivity index (χ1v) is 6.82. The average molecular weight is 224 g/mol. The molecular formula is C12H20N2S. The first-order chi connectivity index (χ1) is 7.29. The van der Waals surface area contributed by atoms with Gasteiger partial charge in [-0.3, -0.25) is 4.98 Å². The van der Waals surface area contributed by atoms with E-state index >= 15 is 0 Å². The lowest BCUT2D eigenvalue weighted by molar-refractivity contribution is 0.406. The Morgan fingerprint density at radius 3 is 2.93 bits per heavy atom. The molecule has 2 rings (SSSR count). The van der Waals surface area contributed by atoms with Crippen LogP contribution in [0.1, 0.15) is 50.4 Å². The molecule has 2 nitrogen and oxygen atoms in total. The Balaban J connectivity index is 1.82.